The number of benzene rings is 2. The Kier molecular flexibility index (Phi) is 3.56. The van der Waals surface area contributed by atoms with Crippen LogP contribution in [0.2, 0.25) is 0 Å². The Hall–Kier alpha value is -2.69. The molecule has 3 nitrogen and oxygen atoms in total. The fraction of sp³-hybridized carbons (Fsp3) is 0.211. The third-order valence-corrected chi connectivity index (χ3v) is 4.44. The molecule has 2 aromatic carbocycles. The lowest BCUT2D eigenvalue weighted by Gasteiger charge is -2.10. The van der Waals surface area contributed by atoms with E-state index in [-0.39, 0.29) is 0 Å². The summed E-state index contributed by atoms with van der Waals surface area (Å²) in [7, 11) is 0. The molecule has 0 spiro atoms. The number of aromatic nitrogens is 2. The first-order valence-corrected chi connectivity index (χ1v) is 8.08. The van der Waals surface area contributed by atoms with Gasteiger partial charge in [0.05, 0.1) is 5.69 Å². The van der Waals surface area contributed by atoms with Crippen molar-refractivity contribution in [3.63, 3.8) is 0 Å². The molecule has 4 rings (SSSR count). The van der Waals surface area contributed by atoms with Crippen LogP contribution in [-0.2, 0) is 12.8 Å². The Morgan fingerprint density at radius 3 is 2.79 bits per heavy atom. The van der Waals surface area contributed by atoms with E-state index in [1.807, 2.05) is 22.9 Å². The van der Waals surface area contributed by atoms with Crippen LogP contribution in [-0.4, -0.2) is 16.3 Å². The molecule has 0 fully saturated rings. The van der Waals surface area contributed by atoms with E-state index in [1.165, 1.54) is 17.7 Å². The van der Waals surface area contributed by atoms with Crippen LogP contribution in [0.1, 0.15) is 18.1 Å². The zero-order chi connectivity index (χ0) is 16.7. The number of nitrogens with one attached hydrogen (secondary N) is 1. The van der Waals surface area contributed by atoms with Crippen LogP contribution in [0.15, 0.2) is 42.5 Å². The van der Waals surface area contributed by atoms with Crippen LogP contribution in [0, 0.1) is 11.6 Å². The van der Waals surface area contributed by atoms with Crippen LogP contribution in [0.3, 0.4) is 0 Å². The molecule has 1 aliphatic rings. The lowest BCUT2D eigenvalue weighted by molar-refractivity contribution is 0.585. The molecule has 5 heteroatoms. The molecular formula is C19H17F2N3. The maximum Gasteiger partial charge on any atom is 0.135 e. The van der Waals surface area contributed by atoms with Gasteiger partial charge in [-0.25, -0.2) is 13.5 Å². The topological polar surface area (TPSA) is 29.9 Å². The average Bonchev–Trinajstić information content (AvgIpc) is 3.18. The Labute approximate surface area is 138 Å². The van der Waals surface area contributed by atoms with Crippen molar-refractivity contribution < 1.29 is 8.78 Å². The highest BCUT2D eigenvalue weighted by molar-refractivity contribution is 5.73. The smallest absolute Gasteiger partial charge is 0.135 e. The van der Waals surface area contributed by atoms with E-state index >= 15 is 0 Å². The number of hydrogen-bond acceptors (Lipinski definition) is 2. The molecule has 1 aromatic heterocycles. The third kappa shape index (κ3) is 2.28. The van der Waals surface area contributed by atoms with Gasteiger partial charge < -0.3 is 5.32 Å². The second-order valence-electron chi connectivity index (χ2n) is 5.87. The van der Waals surface area contributed by atoms with Crippen molar-refractivity contribution in [2.45, 2.75) is 19.8 Å². The minimum Gasteiger partial charge on any atom is -0.369 e. The van der Waals surface area contributed by atoms with Crippen LogP contribution >= 0.6 is 0 Å². The van der Waals surface area contributed by atoms with Gasteiger partial charge in [-0.1, -0.05) is 25.1 Å². The summed E-state index contributed by atoms with van der Waals surface area (Å²) in [6, 6.07) is 11.7. The van der Waals surface area contributed by atoms with E-state index in [0.717, 1.165) is 42.5 Å². The molecule has 1 N–H and O–H groups in total. The van der Waals surface area contributed by atoms with Crippen LogP contribution in [0.5, 0.6) is 0 Å². The molecule has 122 valence electrons. The van der Waals surface area contributed by atoms with Gasteiger partial charge in [-0.15, -0.1) is 0 Å². The highest BCUT2D eigenvalue weighted by Crippen LogP contribution is 2.36. The fourth-order valence-electron chi connectivity index (χ4n) is 3.26. The maximum absolute atomic E-state index is 14.3. The van der Waals surface area contributed by atoms with Crippen molar-refractivity contribution in [1.82, 2.24) is 9.78 Å². The largest absolute Gasteiger partial charge is 0.369 e. The lowest BCUT2D eigenvalue weighted by atomic mass is 10.1. The molecule has 0 amide bonds. The van der Waals surface area contributed by atoms with Crippen LogP contribution < -0.4 is 5.32 Å². The normalized spacial score (nSPS) is 13.0. The number of nitrogens with zero attached hydrogens (tertiary/aromatic N) is 2. The predicted octanol–water partition coefficient (Wildman–Crippen LogP) is 4.35. The van der Waals surface area contributed by atoms with E-state index in [4.69, 9.17) is 0 Å². The summed E-state index contributed by atoms with van der Waals surface area (Å²) >= 11 is 0. The van der Waals surface area contributed by atoms with Crippen molar-refractivity contribution in [2.75, 3.05) is 11.9 Å². The summed E-state index contributed by atoms with van der Waals surface area (Å²) in [6.45, 7) is 2.88. The lowest BCUT2D eigenvalue weighted by Crippen LogP contribution is -2.06. The molecule has 24 heavy (non-hydrogen) atoms. The molecule has 0 atom stereocenters. The first-order chi connectivity index (χ1) is 11.7. The highest BCUT2D eigenvalue weighted by Gasteiger charge is 2.26. The third-order valence-electron chi connectivity index (χ3n) is 4.44. The van der Waals surface area contributed by atoms with E-state index < -0.39 is 11.6 Å². The molecular weight excluding hydrogens is 308 g/mol. The maximum atomic E-state index is 14.3. The van der Waals surface area contributed by atoms with Gasteiger partial charge >= 0.3 is 0 Å². The van der Waals surface area contributed by atoms with Crippen LogP contribution in [0.25, 0.3) is 16.9 Å². The molecule has 0 aliphatic carbocycles. The molecule has 0 unspecified atom stereocenters. The zero-order valence-corrected chi connectivity index (χ0v) is 13.3. The summed E-state index contributed by atoms with van der Waals surface area (Å²) < 4.78 is 29.3. The second-order valence-corrected chi connectivity index (χ2v) is 5.87. The number of hydrogen-bond donors (Lipinski definition) is 1. The van der Waals surface area contributed by atoms with Crippen molar-refractivity contribution in [3.05, 3.63) is 65.2 Å². The van der Waals surface area contributed by atoms with Gasteiger partial charge in [-0.05, 0) is 36.6 Å². The number of anilines is 1. The first-order valence-electron chi connectivity index (χ1n) is 8.08. The minimum atomic E-state index is -0.585. The Morgan fingerprint density at radius 2 is 2.00 bits per heavy atom. The van der Waals surface area contributed by atoms with Crippen molar-refractivity contribution in [2.24, 2.45) is 0 Å². The van der Waals surface area contributed by atoms with Gasteiger partial charge in [-0.3, -0.25) is 0 Å². The number of para-hydroxylation sites is 1. The molecule has 3 aromatic rings. The van der Waals surface area contributed by atoms with Crippen molar-refractivity contribution in [3.8, 4) is 16.9 Å². The predicted molar refractivity (Wildman–Crippen MR) is 90.5 cm³/mol. The Bertz CT molecular complexity index is 915. The van der Waals surface area contributed by atoms with E-state index in [1.54, 1.807) is 0 Å². The van der Waals surface area contributed by atoms with Gasteiger partial charge in [0, 0.05) is 23.7 Å². The van der Waals surface area contributed by atoms with Crippen molar-refractivity contribution in [1.29, 1.82) is 0 Å². The van der Waals surface area contributed by atoms with Gasteiger partial charge in [0.1, 0.15) is 23.1 Å². The van der Waals surface area contributed by atoms with E-state index in [9.17, 15) is 8.78 Å². The van der Waals surface area contributed by atoms with Gasteiger partial charge in [0.15, 0.2) is 0 Å². The molecule has 2 heterocycles. The molecule has 0 bridgehead atoms. The van der Waals surface area contributed by atoms with Gasteiger partial charge in [0.25, 0.3) is 0 Å². The Morgan fingerprint density at radius 1 is 1.17 bits per heavy atom. The summed E-state index contributed by atoms with van der Waals surface area (Å²) in [5.74, 6) is -0.269. The summed E-state index contributed by atoms with van der Waals surface area (Å²) in [5, 5.41) is 8.01. The van der Waals surface area contributed by atoms with E-state index in [0.29, 0.717) is 11.3 Å². The van der Waals surface area contributed by atoms with Gasteiger partial charge in [-0.2, -0.15) is 5.10 Å². The zero-order valence-electron chi connectivity index (χ0n) is 13.3. The Balaban J connectivity index is 1.93. The van der Waals surface area contributed by atoms with Crippen molar-refractivity contribution >= 4 is 5.82 Å². The quantitative estimate of drug-likeness (QED) is 0.776. The highest BCUT2D eigenvalue weighted by atomic mass is 19.1. The second kappa shape index (κ2) is 5.74. The number of halogens is 2. The van der Waals surface area contributed by atoms with Gasteiger partial charge in [0.2, 0.25) is 0 Å². The minimum absolute atomic E-state index is 0.337. The van der Waals surface area contributed by atoms with Crippen LogP contribution in [0.4, 0.5) is 14.6 Å². The average molecular weight is 325 g/mol. The molecule has 0 saturated carbocycles. The van der Waals surface area contributed by atoms with E-state index in [2.05, 4.69) is 23.4 Å². The number of fused-ring (bicyclic) bond motifs is 1. The molecule has 0 saturated heterocycles. The standard InChI is InChI=1S/C19H17F2N3/c1-2-12-5-3-4-6-17(12)24-19-15(9-10-22-19)18(23-24)14-8-7-13(20)11-16(14)21/h3-8,11,22H,2,9-10H2,1H3. The number of rotatable bonds is 3. The monoisotopic (exact) mass is 325 g/mol. The molecule has 0 radical (unpaired) electrons. The summed E-state index contributed by atoms with van der Waals surface area (Å²) in [4.78, 5) is 0. The fourth-order valence-corrected chi connectivity index (χ4v) is 3.26. The first kappa shape index (κ1) is 14.9. The molecule has 1 aliphatic heterocycles. The SMILES string of the molecule is CCc1ccccc1-n1nc(-c2ccc(F)cc2F)c2c1NCC2. The number of aryl methyl sites for hydroxylation is 1. The summed E-state index contributed by atoms with van der Waals surface area (Å²) in [6.07, 6.45) is 1.65. The summed E-state index contributed by atoms with van der Waals surface area (Å²) in [5.41, 5.74) is 4.05.